The van der Waals surface area contributed by atoms with Crippen LogP contribution in [0.3, 0.4) is 0 Å². The fourth-order valence-electron chi connectivity index (χ4n) is 2.67. The number of nitrogens with zero attached hydrogens (tertiary/aromatic N) is 2. The Labute approximate surface area is 183 Å². The van der Waals surface area contributed by atoms with Gasteiger partial charge < -0.3 is 15.5 Å². The van der Waals surface area contributed by atoms with Gasteiger partial charge in [0, 0.05) is 24.2 Å². The van der Waals surface area contributed by atoms with Gasteiger partial charge in [-0.2, -0.15) is 13.2 Å². The summed E-state index contributed by atoms with van der Waals surface area (Å²) < 4.78 is 38.8. The second-order valence-electron chi connectivity index (χ2n) is 8.01. The number of hydrogen-bond donors (Lipinski definition) is 2. The van der Waals surface area contributed by atoms with Crippen LogP contribution in [-0.2, 0) is 12.7 Å². The molecular weight excluding hydrogens is 429 g/mol. The molecule has 6 nitrogen and oxygen atoms in total. The first kappa shape index (κ1) is 24.6. The van der Waals surface area contributed by atoms with E-state index in [4.69, 9.17) is 0 Å². The molecule has 2 N–H and O–H groups in total. The Morgan fingerprint density at radius 1 is 1.16 bits per heavy atom. The number of alkyl halides is 3. The zero-order valence-corrected chi connectivity index (χ0v) is 18.7. The summed E-state index contributed by atoms with van der Waals surface area (Å²) in [5, 5.41) is 7.51. The van der Waals surface area contributed by atoms with E-state index in [1.54, 1.807) is 5.38 Å². The Balaban J connectivity index is 2.10. The Bertz CT molecular complexity index is 897. The van der Waals surface area contributed by atoms with Gasteiger partial charge in [0.2, 0.25) is 0 Å². The van der Waals surface area contributed by atoms with E-state index >= 15 is 0 Å². The lowest BCUT2D eigenvalue weighted by atomic mass is 10.2. The third-order valence-electron chi connectivity index (χ3n) is 4.10. The highest BCUT2D eigenvalue weighted by Crippen LogP contribution is 2.30. The number of carbonyl (C=O) groups excluding carboxylic acids is 2. The van der Waals surface area contributed by atoms with E-state index < -0.39 is 17.8 Å². The van der Waals surface area contributed by atoms with E-state index in [1.807, 2.05) is 27.7 Å². The molecule has 2 aromatic rings. The number of anilines is 1. The zero-order valence-electron chi connectivity index (χ0n) is 17.9. The number of aromatic nitrogens is 1. The molecule has 0 unspecified atom stereocenters. The van der Waals surface area contributed by atoms with Crippen LogP contribution in [0.25, 0.3) is 0 Å². The minimum Gasteiger partial charge on any atom is -0.350 e. The summed E-state index contributed by atoms with van der Waals surface area (Å²) >= 11 is 1.25. The molecule has 1 heterocycles. The number of amides is 3. The second-order valence-corrected chi connectivity index (χ2v) is 8.96. The Kier molecular flexibility index (Phi) is 8.43. The van der Waals surface area contributed by atoms with Crippen molar-refractivity contribution in [3.8, 4) is 0 Å². The lowest BCUT2D eigenvalue weighted by Gasteiger charge is -2.24. The van der Waals surface area contributed by atoms with E-state index in [2.05, 4.69) is 15.6 Å². The SMILES string of the molecule is CC(C)CNC(=O)c1csc(CN(CC(C)C)C(=O)Nc2cccc(C(F)(F)F)c2)n1. The van der Waals surface area contributed by atoms with E-state index in [9.17, 15) is 22.8 Å². The van der Waals surface area contributed by atoms with Crippen LogP contribution in [0.2, 0.25) is 0 Å². The monoisotopic (exact) mass is 456 g/mol. The first-order valence-electron chi connectivity index (χ1n) is 9.91. The molecule has 3 amide bonds. The molecule has 0 radical (unpaired) electrons. The number of halogens is 3. The van der Waals surface area contributed by atoms with Crippen LogP contribution >= 0.6 is 11.3 Å². The van der Waals surface area contributed by atoms with Gasteiger partial charge >= 0.3 is 12.2 Å². The Morgan fingerprint density at radius 3 is 2.48 bits per heavy atom. The maximum Gasteiger partial charge on any atom is 0.416 e. The van der Waals surface area contributed by atoms with Crippen molar-refractivity contribution in [1.82, 2.24) is 15.2 Å². The van der Waals surface area contributed by atoms with Crippen molar-refractivity contribution in [2.24, 2.45) is 11.8 Å². The van der Waals surface area contributed by atoms with Gasteiger partial charge in [0.25, 0.3) is 5.91 Å². The van der Waals surface area contributed by atoms with Gasteiger partial charge in [0.05, 0.1) is 12.1 Å². The van der Waals surface area contributed by atoms with Gasteiger partial charge in [-0.3, -0.25) is 4.79 Å². The minimum atomic E-state index is -4.49. The van der Waals surface area contributed by atoms with E-state index in [-0.39, 0.29) is 29.8 Å². The molecule has 0 fully saturated rings. The van der Waals surface area contributed by atoms with E-state index in [0.717, 1.165) is 12.1 Å². The van der Waals surface area contributed by atoms with Crippen molar-refractivity contribution < 1.29 is 22.8 Å². The third kappa shape index (κ3) is 7.86. The zero-order chi connectivity index (χ0) is 23.2. The molecule has 0 saturated heterocycles. The Hall–Kier alpha value is -2.62. The molecule has 1 aromatic heterocycles. The number of rotatable bonds is 8. The average Bonchev–Trinajstić information content (AvgIpc) is 3.13. The maximum absolute atomic E-state index is 12.9. The van der Waals surface area contributed by atoms with Crippen molar-refractivity contribution >= 4 is 29.0 Å². The summed E-state index contributed by atoms with van der Waals surface area (Å²) in [5.41, 5.74) is -0.498. The van der Waals surface area contributed by atoms with Crippen LogP contribution < -0.4 is 10.6 Å². The summed E-state index contributed by atoms with van der Waals surface area (Å²) in [5.74, 6) is 0.157. The van der Waals surface area contributed by atoms with Crippen LogP contribution in [0.4, 0.5) is 23.7 Å². The fraction of sp³-hybridized carbons (Fsp3) is 0.476. The first-order chi connectivity index (χ1) is 14.5. The molecule has 1 aromatic carbocycles. The number of thiazole rings is 1. The number of nitrogens with one attached hydrogen (secondary N) is 2. The molecule has 0 aliphatic rings. The van der Waals surface area contributed by atoms with Crippen molar-refractivity contribution in [3.05, 3.63) is 45.9 Å². The molecule has 31 heavy (non-hydrogen) atoms. The molecule has 2 rings (SSSR count). The third-order valence-corrected chi connectivity index (χ3v) is 4.93. The van der Waals surface area contributed by atoms with Gasteiger partial charge in [-0.25, -0.2) is 9.78 Å². The molecule has 10 heteroatoms. The number of urea groups is 1. The van der Waals surface area contributed by atoms with Gasteiger partial charge in [0.15, 0.2) is 0 Å². The summed E-state index contributed by atoms with van der Waals surface area (Å²) in [7, 11) is 0. The van der Waals surface area contributed by atoms with Gasteiger partial charge in [0.1, 0.15) is 10.7 Å². The summed E-state index contributed by atoms with van der Waals surface area (Å²) in [6, 6.07) is 3.96. The number of benzene rings is 1. The minimum absolute atomic E-state index is 0.0569. The largest absolute Gasteiger partial charge is 0.416 e. The smallest absolute Gasteiger partial charge is 0.350 e. The topological polar surface area (TPSA) is 74.3 Å². The quantitative estimate of drug-likeness (QED) is 0.571. The first-order valence-corrected chi connectivity index (χ1v) is 10.8. The maximum atomic E-state index is 12.9. The van der Waals surface area contributed by atoms with Crippen LogP contribution in [0.15, 0.2) is 29.6 Å². The molecule has 0 aliphatic carbocycles. The number of hydrogen-bond acceptors (Lipinski definition) is 4. The highest BCUT2D eigenvalue weighted by molar-refractivity contribution is 7.09. The number of carbonyl (C=O) groups is 2. The normalized spacial score (nSPS) is 11.6. The van der Waals surface area contributed by atoms with Crippen LogP contribution in [0, 0.1) is 11.8 Å². The lowest BCUT2D eigenvalue weighted by Crippen LogP contribution is -2.37. The fourth-order valence-corrected chi connectivity index (χ4v) is 3.46. The van der Waals surface area contributed by atoms with Crippen LogP contribution in [0.5, 0.6) is 0 Å². The lowest BCUT2D eigenvalue weighted by molar-refractivity contribution is -0.137. The van der Waals surface area contributed by atoms with E-state index in [1.165, 1.54) is 28.4 Å². The highest BCUT2D eigenvalue weighted by atomic mass is 32.1. The van der Waals surface area contributed by atoms with Crippen LogP contribution in [0.1, 0.15) is 48.8 Å². The van der Waals surface area contributed by atoms with Crippen LogP contribution in [-0.4, -0.2) is 34.9 Å². The highest BCUT2D eigenvalue weighted by Gasteiger charge is 2.30. The molecular formula is C21H27F3N4O2S. The molecule has 0 aliphatic heterocycles. The van der Waals surface area contributed by atoms with Crippen molar-refractivity contribution in [3.63, 3.8) is 0 Å². The summed E-state index contributed by atoms with van der Waals surface area (Å²) in [6.07, 6.45) is -4.49. The predicted molar refractivity (Wildman–Crippen MR) is 115 cm³/mol. The summed E-state index contributed by atoms with van der Waals surface area (Å²) in [4.78, 5) is 30.7. The molecule has 0 bridgehead atoms. The Morgan fingerprint density at radius 2 is 1.87 bits per heavy atom. The van der Waals surface area contributed by atoms with E-state index in [0.29, 0.717) is 24.0 Å². The second kappa shape index (κ2) is 10.6. The average molecular weight is 457 g/mol. The predicted octanol–water partition coefficient (Wildman–Crippen LogP) is 5.24. The van der Waals surface area contributed by atoms with Gasteiger partial charge in [-0.1, -0.05) is 33.8 Å². The molecule has 170 valence electrons. The summed E-state index contributed by atoms with van der Waals surface area (Å²) in [6.45, 7) is 8.88. The molecule has 0 atom stereocenters. The molecule has 0 saturated carbocycles. The van der Waals surface area contributed by atoms with Gasteiger partial charge in [-0.15, -0.1) is 11.3 Å². The molecule has 0 spiro atoms. The van der Waals surface area contributed by atoms with Gasteiger partial charge in [-0.05, 0) is 30.0 Å². The van der Waals surface area contributed by atoms with Crippen molar-refractivity contribution in [1.29, 1.82) is 0 Å². The van der Waals surface area contributed by atoms with Crippen molar-refractivity contribution in [2.75, 3.05) is 18.4 Å². The van der Waals surface area contributed by atoms with Crippen molar-refractivity contribution in [2.45, 2.75) is 40.4 Å². The standard InChI is InChI=1S/C21H27F3N4O2S/c1-13(2)9-25-19(29)17-12-31-18(27-17)11-28(10-14(3)4)20(30)26-16-7-5-6-15(8-16)21(22,23)24/h5-8,12-14H,9-11H2,1-4H3,(H,25,29)(H,26,30).